The smallest absolute Gasteiger partial charge is 0.340 e. The molecule has 9 heteroatoms. The van der Waals surface area contributed by atoms with Crippen molar-refractivity contribution in [3.8, 4) is 23.0 Å². The maximum Gasteiger partial charge on any atom is 0.340 e. The number of hydrazone groups is 1. The number of benzene rings is 3. The predicted molar refractivity (Wildman–Crippen MR) is 133 cm³/mol. The number of para-hydroxylation sites is 1. The fourth-order valence-corrected chi connectivity index (χ4v) is 4.90. The fourth-order valence-electron chi connectivity index (χ4n) is 4.64. The molecule has 0 aliphatic carbocycles. The Morgan fingerprint density at radius 3 is 2.40 bits per heavy atom. The molecule has 1 N–H and O–H groups in total. The molecule has 2 aliphatic rings. The lowest BCUT2D eigenvalue weighted by atomic mass is 9.94. The SMILES string of the molecule is COc1cccc2c1O[C@H](c1ccc(OC)c(OC)c1C(=O)O)N1N=C(c3ccc(Br)cc3)C[C@H]21. The molecular weight excluding hydrogens is 516 g/mol. The third kappa shape index (κ3) is 3.85. The topological polar surface area (TPSA) is 89.8 Å². The van der Waals surface area contributed by atoms with Gasteiger partial charge in [-0.05, 0) is 35.9 Å². The largest absolute Gasteiger partial charge is 0.493 e. The molecule has 0 aromatic heterocycles. The third-order valence-electron chi connectivity index (χ3n) is 6.24. The quantitative estimate of drug-likeness (QED) is 0.448. The maximum absolute atomic E-state index is 12.4. The molecule has 180 valence electrons. The molecule has 3 aromatic carbocycles. The Balaban J connectivity index is 1.70. The highest BCUT2D eigenvalue weighted by molar-refractivity contribution is 9.10. The van der Waals surface area contributed by atoms with Gasteiger partial charge in [0.25, 0.3) is 0 Å². The van der Waals surface area contributed by atoms with Gasteiger partial charge in [-0.2, -0.15) is 5.10 Å². The summed E-state index contributed by atoms with van der Waals surface area (Å²) in [6.07, 6.45) is -0.209. The van der Waals surface area contributed by atoms with Crippen molar-refractivity contribution in [3.05, 3.63) is 81.3 Å². The standard InChI is InChI=1S/C26H23BrN2O6/c1-32-20-6-4-5-16-19-13-18(14-7-9-15(27)10-8-14)28-29(19)25(35-23(16)20)17-11-12-21(33-2)24(34-3)22(17)26(30)31/h4-12,19,25H,13H2,1-3H3,(H,30,31)/t19-,25-/m1/s1. The summed E-state index contributed by atoms with van der Waals surface area (Å²) in [7, 11) is 4.46. The molecule has 0 saturated heterocycles. The van der Waals surface area contributed by atoms with Gasteiger partial charge >= 0.3 is 5.97 Å². The Labute approximate surface area is 210 Å². The minimum Gasteiger partial charge on any atom is -0.493 e. The van der Waals surface area contributed by atoms with Gasteiger partial charge in [-0.1, -0.05) is 40.2 Å². The van der Waals surface area contributed by atoms with Crippen LogP contribution in [0, 0.1) is 0 Å². The first-order valence-corrected chi connectivity index (χ1v) is 11.7. The molecule has 5 rings (SSSR count). The van der Waals surface area contributed by atoms with Crippen LogP contribution in [-0.2, 0) is 0 Å². The van der Waals surface area contributed by atoms with E-state index in [4.69, 9.17) is 24.0 Å². The van der Waals surface area contributed by atoms with Gasteiger partial charge in [0.1, 0.15) is 5.56 Å². The number of carboxylic acids is 1. The second-order valence-electron chi connectivity index (χ2n) is 8.07. The van der Waals surface area contributed by atoms with Gasteiger partial charge in [-0.25, -0.2) is 9.80 Å². The van der Waals surface area contributed by atoms with E-state index in [2.05, 4.69) is 15.9 Å². The Morgan fingerprint density at radius 2 is 1.74 bits per heavy atom. The van der Waals surface area contributed by atoms with Crippen molar-refractivity contribution in [2.45, 2.75) is 18.7 Å². The zero-order valence-corrected chi connectivity index (χ0v) is 20.9. The third-order valence-corrected chi connectivity index (χ3v) is 6.76. The van der Waals surface area contributed by atoms with E-state index in [0.717, 1.165) is 21.3 Å². The van der Waals surface area contributed by atoms with Crippen molar-refractivity contribution in [2.24, 2.45) is 5.10 Å². The molecule has 2 aliphatic heterocycles. The monoisotopic (exact) mass is 538 g/mol. The van der Waals surface area contributed by atoms with Crippen LogP contribution < -0.4 is 18.9 Å². The zero-order valence-electron chi connectivity index (χ0n) is 19.3. The molecule has 0 unspecified atom stereocenters. The summed E-state index contributed by atoms with van der Waals surface area (Å²) in [5.41, 5.74) is 3.15. The molecule has 3 aromatic rings. The fraction of sp³-hybridized carbons (Fsp3) is 0.231. The predicted octanol–water partition coefficient (Wildman–Crippen LogP) is 5.42. The first-order chi connectivity index (χ1) is 17.0. The summed E-state index contributed by atoms with van der Waals surface area (Å²) >= 11 is 3.48. The van der Waals surface area contributed by atoms with E-state index in [1.54, 1.807) is 19.2 Å². The molecule has 8 nitrogen and oxygen atoms in total. The van der Waals surface area contributed by atoms with E-state index < -0.39 is 12.2 Å². The van der Waals surface area contributed by atoms with Crippen LogP contribution in [0.3, 0.4) is 0 Å². The van der Waals surface area contributed by atoms with Gasteiger partial charge in [0, 0.05) is 22.0 Å². The molecule has 0 bridgehead atoms. The highest BCUT2D eigenvalue weighted by Gasteiger charge is 2.44. The van der Waals surface area contributed by atoms with Crippen molar-refractivity contribution in [1.82, 2.24) is 5.01 Å². The van der Waals surface area contributed by atoms with Crippen LogP contribution in [0.2, 0.25) is 0 Å². The van der Waals surface area contributed by atoms with Gasteiger partial charge in [0.05, 0.1) is 33.1 Å². The summed E-state index contributed by atoms with van der Waals surface area (Å²) in [5, 5.41) is 16.9. The first kappa shape index (κ1) is 23.0. The van der Waals surface area contributed by atoms with Gasteiger partial charge in [0.2, 0.25) is 6.23 Å². The van der Waals surface area contributed by atoms with Crippen LogP contribution in [0.25, 0.3) is 0 Å². The number of rotatable bonds is 6. The number of halogens is 1. The van der Waals surface area contributed by atoms with Crippen molar-refractivity contribution in [1.29, 1.82) is 0 Å². The molecular formula is C26H23BrN2O6. The minimum atomic E-state index is -1.15. The molecule has 0 spiro atoms. The van der Waals surface area contributed by atoms with E-state index in [0.29, 0.717) is 29.2 Å². The molecule has 35 heavy (non-hydrogen) atoms. The van der Waals surface area contributed by atoms with Crippen LogP contribution in [-0.4, -0.2) is 43.1 Å². The first-order valence-electron chi connectivity index (χ1n) is 10.9. The lowest BCUT2D eigenvalue weighted by Crippen LogP contribution is -2.35. The Morgan fingerprint density at radius 1 is 1.00 bits per heavy atom. The summed E-state index contributed by atoms with van der Waals surface area (Å²) in [5.74, 6) is 0.429. The highest BCUT2D eigenvalue weighted by atomic mass is 79.9. The second kappa shape index (κ2) is 9.14. The van der Waals surface area contributed by atoms with Crippen LogP contribution in [0.4, 0.5) is 0 Å². The number of nitrogens with zero attached hydrogens (tertiary/aromatic N) is 2. The lowest BCUT2D eigenvalue weighted by Gasteiger charge is -2.39. The Kier molecular flexibility index (Phi) is 6.02. The summed E-state index contributed by atoms with van der Waals surface area (Å²) < 4.78 is 23.8. The van der Waals surface area contributed by atoms with Crippen molar-refractivity contribution in [2.75, 3.05) is 21.3 Å². The normalized spacial score (nSPS) is 18.2. The number of fused-ring (bicyclic) bond motifs is 3. The summed E-state index contributed by atoms with van der Waals surface area (Å²) in [6.45, 7) is 0. The van der Waals surface area contributed by atoms with Crippen LogP contribution in [0.5, 0.6) is 23.0 Å². The van der Waals surface area contributed by atoms with E-state index in [9.17, 15) is 9.90 Å². The summed E-state index contributed by atoms with van der Waals surface area (Å²) in [4.78, 5) is 12.4. The average molecular weight is 539 g/mol. The Bertz CT molecular complexity index is 1320. The van der Waals surface area contributed by atoms with E-state index in [1.165, 1.54) is 14.2 Å². The molecule has 0 saturated carbocycles. The summed E-state index contributed by atoms with van der Waals surface area (Å²) in [6, 6.07) is 16.8. The molecule has 0 amide bonds. The second-order valence-corrected chi connectivity index (χ2v) is 8.99. The van der Waals surface area contributed by atoms with E-state index in [1.807, 2.05) is 47.5 Å². The average Bonchev–Trinajstić information content (AvgIpc) is 3.33. The van der Waals surface area contributed by atoms with Crippen molar-refractivity contribution < 1.29 is 28.8 Å². The van der Waals surface area contributed by atoms with Crippen LogP contribution in [0.15, 0.2) is 64.2 Å². The number of hydrogen-bond acceptors (Lipinski definition) is 7. The van der Waals surface area contributed by atoms with Crippen molar-refractivity contribution in [3.63, 3.8) is 0 Å². The number of carboxylic acid groups (broad SMARTS) is 1. The van der Waals surface area contributed by atoms with Crippen molar-refractivity contribution >= 4 is 27.6 Å². The minimum absolute atomic E-state index is 0.0405. The van der Waals surface area contributed by atoms with Gasteiger partial charge < -0.3 is 24.1 Å². The molecule has 2 heterocycles. The van der Waals surface area contributed by atoms with E-state index >= 15 is 0 Å². The number of carbonyl (C=O) groups is 1. The molecule has 0 radical (unpaired) electrons. The van der Waals surface area contributed by atoms with Gasteiger partial charge in [0.15, 0.2) is 23.0 Å². The maximum atomic E-state index is 12.4. The van der Waals surface area contributed by atoms with Gasteiger partial charge in [-0.3, -0.25) is 0 Å². The lowest BCUT2D eigenvalue weighted by molar-refractivity contribution is -0.0217. The Hall–Kier alpha value is -3.72. The zero-order chi connectivity index (χ0) is 24.7. The number of hydrogen-bond donors (Lipinski definition) is 1. The number of ether oxygens (including phenoxy) is 4. The molecule has 2 atom stereocenters. The molecule has 0 fully saturated rings. The number of methoxy groups -OCH3 is 3. The van der Waals surface area contributed by atoms with Crippen LogP contribution in [0.1, 0.15) is 45.7 Å². The number of aromatic carboxylic acids is 1. The highest BCUT2D eigenvalue weighted by Crippen LogP contribution is 2.52. The van der Waals surface area contributed by atoms with Crippen LogP contribution >= 0.6 is 15.9 Å². The van der Waals surface area contributed by atoms with E-state index in [-0.39, 0.29) is 17.4 Å². The van der Waals surface area contributed by atoms with Gasteiger partial charge in [-0.15, -0.1) is 0 Å².